The number of aliphatic carboxylic acids is 1. The van der Waals surface area contributed by atoms with E-state index in [9.17, 15) is 14.4 Å². The fraction of sp³-hybridized carbons (Fsp3) is 0.400. The van der Waals surface area contributed by atoms with Gasteiger partial charge in [-0.15, -0.1) is 0 Å². The second-order valence-electron chi connectivity index (χ2n) is 5.35. The van der Waals surface area contributed by atoms with Crippen LogP contribution >= 0.6 is 0 Å². The number of nitrogens with one attached hydrogen (secondary N) is 1. The van der Waals surface area contributed by atoms with Crippen molar-refractivity contribution in [1.82, 2.24) is 10.2 Å². The molecule has 1 heterocycles. The molecule has 0 radical (unpaired) electrons. The molecule has 7 heteroatoms. The Morgan fingerprint density at radius 1 is 1.32 bits per heavy atom. The number of nitrogens with zero attached hydrogens (tertiary/aromatic N) is 2. The summed E-state index contributed by atoms with van der Waals surface area (Å²) in [6.45, 7) is 4.38. The highest BCUT2D eigenvalue weighted by Crippen LogP contribution is 2.18. The molecule has 0 unspecified atom stereocenters. The van der Waals surface area contributed by atoms with E-state index in [1.807, 2.05) is 0 Å². The standard InChI is InChI=1S/C15H19N3O4/c1-10(2)18(9-13(19)20)14(21)11-3-5-12(6-4-11)17-8-7-16-15(17)22/h3-6,10H,7-9H2,1-2H3,(H,16,22)(H,19,20). The summed E-state index contributed by atoms with van der Waals surface area (Å²) in [5.74, 6) is -1.39. The molecule has 0 saturated carbocycles. The Labute approximate surface area is 128 Å². The van der Waals surface area contributed by atoms with E-state index in [2.05, 4.69) is 5.32 Å². The molecule has 7 nitrogen and oxygen atoms in total. The average Bonchev–Trinajstić information content (AvgIpc) is 2.90. The number of rotatable bonds is 5. The van der Waals surface area contributed by atoms with Gasteiger partial charge in [0.15, 0.2) is 0 Å². The summed E-state index contributed by atoms with van der Waals surface area (Å²) in [5.41, 5.74) is 1.11. The number of carbonyl (C=O) groups excluding carboxylic acids is 2. The van der Waals surface area contributed by atoms with Crippen molar-refractivity contribution in [3.8, 4) is 0 Å². The first kappa shape index (κ1) is 15.8. The fourth-order valence-corrected chi connectivity index (χ4v) is 2.30. The van der Waals surface area contributed by atoms with Crippen LogP contribution in [0.4, 0.5) is 10.5 Å². The third kappa shape index (κ3) is 3.36. The molecule has 0 bridgehead atoms. The number of urea groups is 1. The molecule has 118 valence electrons. The average molecular weight is 305 g/mol. The predicted octanol–water partition coefficient (Wildman–Crippen LogP) is 1.15. The van der Waals surface area contributed by atoms with E-state index in [1.165, 1.54) is 4.90 Å². The summed E-state index contributed by atoms with van der Waals surface area (Å²) in [5, 5.41) is 11.6. The second-order valence-corrected chi connectivity index (χ2v) is 5.35. The molecule has 2 rings (SSSR count). The van der Waals surface area contributed by atoms with Crippen LogP contribution in [0.5, 0.6) is 0 Å². The first-order valence-corrected chi connectivity index (χ1v) is 7.08. The van der Waals surface area contributed by atoms with Crippen LogP contribution in [0.25, 0.3) is 0 Å². The van der Waals surface area contributed by atoms with Gasteiger partial charge in [0.1, 0.15) is 6.54 Å². The minimum absolute atomic E-state index is 0.159. The largest absolute Gasteiger partial charge is 0.480 e. The molecule has 0 atom stereocenters. The quantitative estimate of drug-likeness (QED) is 0.854. The highest BCUT2D eigenvalue weighted by Gasteiger charge is 2.23. The predicted molar refractivity (Wildman–Crippen MR) is 81.0 cm³/mol. The molecular weight excluding hydrogens is 286 g/mol. The molecule has 2 N–H and O–H groups in total. The van der Waals surface area contributed by atoms with Crippen LogP contribution in [0.15, 0.2) is 24.3 Å². The number of carboxylic acid groups (broad SMARTS) is 1. The van der Waals surface area contributed by atoms with Crippen molar-refractivity contribution in [2.75, 3.05) is 24.5 Å². The summed E-state index contributed by atoms with van der Waals surface area (Å²) in [6, 6.07) is 6.23. The maximum absolute atomic E-state index is 12.4. The topological polar surface area (TPSA) is 90.0 Å². The van der Waals surface area contributed by atoms with Crippen molar-refractivity contribution in [1.29, 1.82) is 0 Å². The minimum atomic E-state index is -1.05. The monoisotopic (exact) mass is 305 g/mol. The zero-order valence-electron chi connectivity index (χ0n) is 12.6. The number of amides is 3. The molecule has 1 aliphatic rings. The number of hydrogen-bond donors (Lipinski definition) is 2. The van der Waals surface area contributed by atoms with Crippen LogP contribution in [0.1, 0.15) is 24.2 Å². The van der Waals surface area contributed by atoms with Crippen LogP contribution in [-0.4, -0.2) is 53.6 Å². The van der Waals surface area contributed by atoms with Crippen molar-refractivity contribution < 1.29 is 19.5 Å². The Morgan fingerprint density at radius 3 is 2.41 bits per heavy atom. The van der Waals surface area contributed by atoms with E-state index in [0.717, 1.165) is 0 Å². The lowest BCUT2D eigenvalue weighted by atomic mass is 10.1. The van der Waals surface area contributed by atoms with E-state index in [0.29, 0.717) is 24.3 Å². The van der Waals surface area contributed by atoms with E-state index in [-0.39, 0.29) is 24.5 Å². The smallest absolute Gasteiger partial charge is 0.323 e. The van der Waals surface area contributed by atoms with Gasteiger partial charge in [-0.1, -0.05) is 0 Å². The van der Waals surface area contributed by atoms with Crippen LogP contribution in [0.3, 0.4) is 0 Å². The summed E-state index contributed by atoms with van der Waals surface area (Å²) in [7, 11) is 0. The zero-order chi connectivity index (χ0) is 16.3. The minimum Gasteiger partial charge on any atom is -0.480 e. The molecule has 22 heavy (non-hydrogen) atoms. The molecule has 1 fully saturated rings. The summed E-state index contributed by atoms with van der Waals surface area (Å²) < 4.78 is 0. The SMILES string of the molecule is CC(C)N(CC(=O)O)C(=O)c1ccc(N2CCNC2=O)cc1. The summed E-state index contributed by atoms with van der Waals surface area (Å²) >= 11 is 0. The first-order chi connectivity index (χ1) is 10.4. The van der Waals surface area contributed by atoms with Crippen molar-refractivity contribution >= 4 is 23.6 Å². The van der Waals surface area contributed by atoms with Gasteiger partial charge < -0.3 is 15.3 Å². The maximum Gasteiger partial charge on any atom is 0.323 e. The number of anilines is 1. The maximum atomic E-state index is 12.4. The highest BCUT2D eigenvalue weighted by atomic mass is 16.4. The van der Waals surface area contributed by atoms with E-state index < -0.39 is 5.97 Å². The van der Waals surface area contributed by atoms with Gasteiger partial charge in [-0.3, -0.25) is 14.5 Å². The molecule has 1 aliphatic heterocycles. The van der Waals surface area contributed by atoms with Gasteiger partial charge in [-0.25, -0.2) is 4.79 Å². The molecule has 3 amide bonds. The van der Waals surface area contributed by atoms with Crippen molar-refractivity contribution in [2.24, 2.45) is 0 Å². The van der Waals surface area contributed by atoms with Crippen molar-refractivity contribution in [2.45, 2.75) is 19.9 Å². The number of benzene rings is 1. The highest BCUT2D eigenvalue weighted by molar-refractivity contribution is 5.98. The van der Waals surface area contributed by atoms with Gasteiger partial charge in [-0.05, 0) is 38.1 Å². The Kier molecular flexibility index (Phi) is 4.65. The van der Waals surface area contributed by atoms with Gasteiger partial charge in [0.25, 0.3) is 5.91 Å². The fourth-order valence-electron chi connectivity index (χ4n) is 2.30. The number of carbonyl (C=O) groups is 3. The van der Waals surface area contributed by atoms with Crippen LogP contribution in [-0.2, 0) is 4.79 Å². The number of carboxylic acids is 1. The van der Waals surface area contributed by atoms with E-state index in [1.54, 1.807) is 43.0 Å². The first-order valence-electron chi connectivity index (χ1n) is 7.08. The van der Waals surface area contributed by atoms with Gasteiger partial charge in [0.05, 0.1) is 0 Å². The van der Waals surface area contributed by atoms with Crippen LogP contribution < -0.4 is 10.2 Å². The van der Waals surface area contributed by atoms with Crippen molar-refractivity contribution in [3.05, 3.63) is 29.8 Å². The van der Waals surface area contributed by atoms with Gasteiger partial charge in [0, 0.05) is 30.4 Å². The normalized spacial score (nSPS) is 14.1. The molecule has 1 aromatic carbocycles. The Bertz CT molecular complexity index is 583. The van der Waals surface area contributed by atoms with Crippen molar-refractivity contribution in [3.63, 3.8) is 0 Å². The molecule has 0 aromatic heterocycles. The molecular formula is C15H19N3O4. The zero-order valence-corrected chi connectivity index (χ0v) is 12.6. The lowest BCUT2D eigenvalue weighted by Crippen LogP contribution is -2.40. The van der Waals surface area contributed by atoms with Crippen LogP contribution in [0.2, 0.25) is 0 Å². The Balaban J connectivity index is 2.16. The second kappa shape index (κ2) is 6.46. The van der Waals surface area contributed by atoms with E-state index in [4.69, 9.17) is 5.11 Å². The van der Waals surface area contributed by atoms with E-state index >= 15 is 0 Å². The summed E-state index contributed by atoms with van der Waals surface area (Å²) in [6.07, 6.45) is 0. The summed E-state index contributed by atoms with van der Waals surface area (Å²) in [4.78, 5) is 37.7. The third-order valence-corrected chi connectivity index (χ3v) is 3.47. The molecule has 0 aliphatic carbocycles. The molecule has 1 aromatic rings. The molecule has 1 saturated heterocycles. The third-order valence-electron chi connectivity index (χ3n) is 3.47. The van der Waals surface area contributed by atoms with Gasteiger partial charge >= 0.3 is 12.0 Å². The molecule has 0 spiro atoms. The number of hydrogen-bond acceptors (Lipinski definition) is 3. The van der Waals surface area contributed by atoms with Crippen LogP contribution in [0, 0.1) is 0 Å². The Morgan fingerprint density at radius 2 is 1.95 bits per heavy atom. The lowest BCUT2D eigenvalue weighted by Gasteiger charge is -2.25. The lowest BCUT2D eigenvalue weighted by molar-refractivity contribution is -0.138. The van der Waals surface area contributed by atoms with Gasteiger partial charge in [0.2, 0.25) is 0 Å². The Hall–Kier alpha value is -2.57. The van der Waals surface area contributed by atoms with Gasteiger partial charge in [-0.2, -0.15) is 0 Å².